The number of hydrogen-bond donors (Lipinski definition) is 1. The van der Waals surface area contributed by atoms with E-state index >= 15 is 0 Å². The molecule has 0 aliphatic rings. The molecule has 1 N–H and O–H groups in total. The van der Waals surface area contributed by atoms with Crippen molar-refractivity contribution in [3.8, 4) is 11.1 Å². The third-order valence-corrected chi connectivity index (χ3v) is 3.14. The van der Waals surface area contributed by atoms with Gasteiger partial charge in [-0.05, 0) is 43.5 Å². The predicted octanol–water partition coefficient (Wildman–Crippen LogP) is 4.19. The van der Waals surface area contributed by atoms with Gasteiger partial charge in [-0.15, -0.1) is 0 Å². The molecule has 0 saturated carbocycles. The molecule has 4 heteroatoms. The molecule has 1 amide bonds. The number of nitrogens with one attached hydrogen (secondary N) is 1. The van der Waals surface area contributed by atoms with Crippen molar-refractivity contribution in [3.05, 3.63) is 59.7 Å². The zero-order chi connectivity index (χ0) is 16.9. The lowest BCUT2D eigenvalue weighted by Crippen LogP contribution is -2.32. The zero-order valence-electron chi connectivity index (χ0n) is 13.6. The summed E-state index contributed by atoms with van der Waals surface area (Å²) < 4.78 is 5.22. The average Bonchev–Trinajstić information content (AvgIpc) is 2.52. The number of carbonyl (C=O) groups is 2. The van der Waals surface area contributed by atoms with Crippen LogP contribution in [0, 0.1) is 0 Å². The minimum atomic E-state index is -0.508. The SMILES string of the molecule is CC(C)(C)OC(=O)NCc1cccc(-c2ccc(C=O)cc2)c1. The fraction of sp³-hybridized carbons (Fsp3) is 0.263. The lowest BCUT2D eigenvalue weighted by molar-refractivity contribution is 0.0523. The summed E-state index contributed by atoms with van der Waals surface area (Å²) in [6.07, 6.45) is 0.392. The Kier molecular flexibility index (Phi) is 5.16. The first-order valence-electron chi connectivity index (χ1n) is 7.49. The van der Waals surface area contributed by atoms with E-state index in [-0.39, 0.29) is 0 Å². The standard InChI is InChI=1S/C19H21NO3/c1-19(2,3)23-18(22)20-12-15-5-4-6-17(11-15)16-9-7-14(13-21)8-10-16/h4-11,13H,12H2,1-3H3,(H,20,22). The summed E-state index contributed by atoms with van der Waals surface area (Å²) in [6, 6.07) is 15.3. The Bertz CT molecular complexity index is 685. The second-order valence-corrected chi connectivity index (χ2v) is 6.30. The number of hydrogen-bond acceptors (Lipinski definition) is 3. The van der Waals surface area contributed by atoms with Crippen molar-refractivity contribution in [3.63, 3.8) is 0 Å². The van der Waals surface area contributed by atoms with E-state index in [1.54, 1.807) is 12.1 Å². The quantitative estimate of drug-likeness (QED) is 0.861. The number of benzene rings is 2. The van der Waals surface area contributed by atoms with Crippen LogP contribution in [0.5, 0.6) is 0 Å². The van der Waals surface area contributed by atoms with Crippen molar-refractivity contribution in [2.24, 2.45) is 0 Å². The van der Waals surface area contributed by atoms with Crippen molar-refractivity contribution in [1.82, 2.24) is 5.32 Å². The maximum Gasteiger partial charge on any atom is 0.407 e. The van der Waals surface area contributed by atoms with Crippen LogP contribution in [0.3, 0.4) is 0 Å². The molecule has 2 aromatic rings. The molecule has 0 fully saturated rings. The molecule has 2 rings (SSSR count). The van der Waals surface area contributed by atoms with E-state index in [2.05, 4.69) is 5.32 Å². The molecule has 0 aromatic heterocycles. The third kappa shape index (κ3) is 5.25. The van der Waals surface area contributed by atoms with Crippen molar-refractivity contribution in [2.45, 2.75) is 32.9 Å². The lowest BCUT2D eigenvalue weighted by Gasteiger charge is -2.19. The van der Waals surface area contributed by atoms with Crippen LogP contribution in [-0.2, 0) is 11.3 Å². The Morgan fingerprint density at radius 2 is 1.78 bits per heavy atom. The summed E-state index contributed by atoms with van der Waals surface area (Å²) in [7, 11) is 0. The zero-order valence-corrected chi connectivity index (χ0v) is 13.6. The van der Waals surface area contributed by atoms with Gasteiger partial charge in [0.25, 0.3) is 0 Å². The first-order valence-corrected chi connectivity index (χ1v) is 7.49. The van der Waals surface area contributed by atoms with Gasteiger partial charge in [-0.1, -0.05) is 42.5 Å². The van der Waals surface area contributed by atoms with E-state index in [4.69, 9.17) is 4.74 Å². The van der Waals surface area contributed by atoms with Crippen LogP contribution in [0.25, 0.3) is 11.1 Å². The normalized spacial score (nSPS) is 10.9. The molecular formula is C19H21NO3. The number of ether oxygens (including phenoxy) is 1. The Labute approximate surface area is 136 Å². The highest BCUT2D eigenvalue weighted by atomic mass is 16.6. The summed E-state index contributed by atoms with van der Waals surface area (Å²) in [6.45, 7) is 5.89. The number of aldehydes is 1. The molecule has 0 atom stereocenters. The van der Waals surface area contributed by atoms with E-state index in [1.165, 1.54) is 0 Å². The van der Waals surface area contributed by atoms with Crippen LogP contribution in [0.15, 0.2) is 48.5 Å². The minimum Gasteiger partial charge on any atom is -0.444 e. The van der Waals surface area contributed by atoms with E-state index in [9.17, 15) is 9.59 Å². The van der Waals surface area contributed by atoms with Gasteiger partial charge in [-0.2, -0.15) is 0 Å². The van der Waals surface area contributed by atoms with Gasteiger partial charge in [0.2, 0.25) is 0 Å². The molecule has 2 aromatic carbocycles. The van der Waals surface area contributed by atoms with Gasteiger partial charge in [-0.3, -0.25) is 4.79 Å². The highest BCUT2D eigenvalue weighted by Crippen LogP contribution is 2.21. The number of rotatable bonds is 4. The number of carbonyl (C=O) groups excluding carboxylic acids is 2. The summed E-state index contributed by atoms with van der Waals surface area (Å²) in [5.41, 5.74) is 3.18. The largest absolute Gasteiger partial charge is 0.444 e. The van der Waals surface area contributed by atoms with E-state index in [1.807, 2.05) is 57.2 Å². The second kappa shape index (κ2) is 7.09. The number of amides is 1. The van der Waals surface area contributed by atoms with Crippen LogP contribution in [-0.4, -0.2) is 18.0 Å². The summed E-state index contributed by atoms with van der Waals surface area (Å²) in [4.78, 5) is 22.4. The highest BCUT2D eigenvalue weighted by Gasteiger charge is 2.15. The topological polar surface area (TPSA) is 55.4 Å². The molecule has 23 heavy (non-hydrogen) atoms. The maximum atomic E-state index is 11.7. The lowest BCUT2D eigenvalue weighted by atomic mass is 10.0. The summed E-state index contributed by atoms with van der Waals surface area (Å²) in [5, 5.41) is 2.74. The Morgan fingerprint density at radius 1 is 1.09 bits per heavy atom. The third-order valence-electron chi connectivity index (χ3n) is 3.14. The van der Waals surface area contributed by atoms with Crippen molar-refractivity contribution >= 4 is 12.4 Å². The van der Waals surface area contributed by atoms with Crippen LogP contribution in [0.4, 0.5) is 4.79 Å². The molecule has 0 aliphatic heterocycles. The average molecular weight is 311 g/mol. The van der Waals surface area contributed by atoms with E-state index < -0.39 is 11.7 Å². The molecule has 0 heterocycles. The van der Waals surface area contributed by atoms with Gasteiger partial charge < -0.3 is 10.1 Å². The molecule has 0 saturated heterocycles. The van der Waals surface area contributed by atoms with Crippen LogP contribution in [0.1, 0.15) is 36.7 Å². The number of alkyl carbamates (subject to hydrolysis) is 1. The molecule has 120 valence electrons. The fourth-order valence-corrected chi connectivity index (χ4v) is 2.10. The van der Waals surface area contributed by atoms with Crippen LogP contribution in [0.2, 0.25) is 0 Å². The monoisotopic (exact) mass is 311 g/mol. The molecule has 0 unspecified atom stereocenters. The Balaban J connectivity index is 2.04. The Hall–Kier alpha value is -2.62. The minimum absolute atomic E-state index is 0.398. The molecule has 0 radical (unpaired) electrons. The van der Waals surface area contributed by atoms with Gasteiger partial charge in [0.1, 0.15) is 11.9 Å². The molecule has 0 bridgehead atoms. The molecule has 0 spiro atoms. The molecular weight excluding hydrogens is 290 g/mol. The van der Waals surface area contributed by atoms with Crippen LogP contribution >= 0.6 is 0 Å². The summed E-state index contributed by atoms with van der Waals surface area (Å²) in [5.74, 6) is 0. The van der Waals surface area contributed by atoms with Crippen LogP contribution < -0.4 is 5.32 Å². The Morgan fingerprint density at radius 3 is 2.39 bits per heavy atom. The highest BCUT2D eigenvalue weighted by molar-refractivity contribution is 5.77. The fourth-order valence-electron chi connectivity index (χ4n) is 2.10. The summed E-state index contributed by atoms with van der Waals surface area (Å²) >= 11 is 0. The maximum absolute atomic E-state index is 11.7. The molecule has 4 nitrogen and oxygen atoms in total. The van der Waals surface area contributed by atoms with E-state index in [0.717, 1.165) is 23.0 Å². The van der Waals surface area contributed by atoms with Crippen molar-refractivity contribution < 1.29 is 14.3 Å². The predicted molar refractivity (Wildman–Crippen MR) is 90.3 cm³/mol. The van der Waals surface area contributed by atoms with Gasteiger partial charge in [0.05, 0.1) is 0 Å². The van der Waals surface area contributed by atoms with E-state index in [0.29, 0.717) is 12.1 Å². The second-order valence-electron chi connectivity index (χ2n) is 6.30. The first-order chi connectivity index (χ1) is 10.9. The van der Waals surface area contributed by atoms with Gasteiger partial charge in [-0.25, -0.2) is 4.79 Å². The molecule has 0 aliphatic carbocycles. The smallest absolute Gasteiger partial charge is 0.407 e. The van der Waals surface area contributed by atoms with Crippen molar-refractivity contribution in [1.29, 1.82) is 0 Å². The van der Waals surface area contributed by atoms with Gasteiger partial charge >= 0.3 is 6.09 Å². The van der Waals surface area contributed by atoms with Crippen molar-refractivity contribution in [2.75, 3.05) is 0 Å². The van der Waals surface area contributed by atoms with Gasteiger partial charge in [0.15, 0.2) is 0 Å². The van der Waals surface area contributed by atoms with Gasteiger partial charge in [0, 0.05) is 12.1 Å². The first kappa shape index (κ1) is 16.7.